The molecule has 1 rings (SSSR count). The summed E-state index contributed by atoms with van der Waals surface area (Å²) in [5.41, 5.74) is -0.583. The first-order chi connectivity index (χ1) is 9.05. The lowest BCUT2D eigenvalue weighted by Gasteiger charge is -2.39. The highest BCUT2D eigenvalue weighted by Crippen LogP contribution is 2.37. The monoisotopic (exact) mass is 271 g/mol. The molecule has 1 amide bonds. The molecule has 0 aromatic rings. The normalized spacial score (nSPS) is 17.4. The minimum absolute atomic E-state index is 0.138. The molecule has 112 valence electrons. The number of hydrogen-bond acceptors (Lipinski definition) is 2. The van der Waals surface area contributed by atoms with Crippen LogP contribution in [0.3, 0.4) is 0 Å². The van der Waals surface area contributed by atoms with Gasteiger partial charge in [-0.15, -0.1) is 0 Å². The summed E-state index contributed by atoms with van der Waals surface area (Å²) in [6.45, 7) is 9.12. The van der Waals surface area contributed by atoms with Gasteiger partial charge in [-0.1, -0.05) is 40.5 Å². The van der Waals surface area contributed by atoms with Gasteiger partial charge in [0.15, 0.2) is 0 Å². The zero-order valence-electron chi connectivity index (χ0n) is 12.9. The molecule has 1 aliphatic rings. The van der Waals surface area contributed by atoms with Crippen molar-refractivity contribution in [3.05, 3.63) is 0 Å². The Morgan fingerprint density at radius 2 is 1.68 bits per heavy atom. The average molecular weight is 271 g/mol. The first-order valence-corrected chi connectivity index (χ1v) is 7.57. The number of nitrogens with zero attached hydrogens (tertiary/aromatic N) is 1. The van der Waals surface area contributed by atoms with E-state index in [1.54, 1.807) is 4.90 Å². The maximum atomic E-state index is 11.5. The SMILES string of the molecule is CC.CCCCC1(C(=O)O)CCN(C(=O)CC)CC1. The smallest absolute Gasteiger partial charge is 0.309 e. The predicted molar refractivity (Wildman–Crippen MR) is 77.0 cm³/mol. The summed E-state index contributed by atoms with van der Waals surface area (Å²) in [6, 6.07) is 0. The molecule has 0 aromatic heterocycles. The van der Waals surface area contributed by atoms with E-state index in [1.807, 2.05) is 20.8 Å². The van der Waals surface area contributed by atoms with Crippen LogP contribution in [0.5, 0.6) is 0 Å². The highest BCUT2D eigenvalue weighted by Gasteiger charge is 2.41. The number of likely N-dealkylation sites (tertiary alicyclic amines) is 1. The van der Waals surface area contributed by atoms with Crippen LogP contribution in [0.25, 0.3) is 0 Å². The minimum atomic E-state index is -0.686. The number of unbranched alkanes of at least 4 members (excludes halogenated alkanes) is 1. The van der Waals surface area contributed by atoms with Crippen LogP contribution in [0, 0.1) is 5.41 Å². The number of carboxylic acid groups (broad SMARTS) is 1. The number of hydrogen-bond donors (Lipinski definition) is 1. The van der Waals surface area contributed by atoms with E-state index < -0.39 is 11.4 Å². The molecule has 1 N–H and O–H groups in total. The first-order valence-electron chi connectivity index (χ1n) is 7.57. The van der Waals surface area contributed by atoms with E-state index in [1.165, 1.54) is 0 Å². The zero-order valence-corrected chi connectivity index (χ0v) is 12.9. The second-order valence-corrected chi connectivity index (χ2v) is 4.92. The topological polar surface area (TPSA) is 57.6 Å². The molecule has 1 fully saturated rings. The summed E-state index contributed by atoms with van der Waals surface area (Å²) in [7, 11) is 0. The Morgan fingerprint density at radius 1 is 1.16 bits per heavy atom. The quantitative estimate of drug-likeness (QED) is 0.834. The van der Waals surface area contributed by atoms with Crippen molar-refractivity contribution in [2.24, 2.45) is 5.41 Å². The van der Waals surface area contributed by atoms with Crippen LogP contribution in [0.1, 0.15) is 66.2 Å². The molecule has 0 radical (unpaired) electrons. The molecule has 1 aliphatic heterocycles. The molecular formula is C15H29NO3. The Kier molecular flexibility index (Phi) is 8.44. The minimum Gasteiger partial charge on any atom is -0.481 e. The van der Waals surface area contributed by atoms with Crippen molar-refractivity contribution < 1.29 is 14.7 Å². The van der Waals surface area contributed by atoms with Crippen molar-refractivity contribution in [2.45, 2.75) is 66.2 Å². The maximum absolute atomic E-state index is 11.5. The first kappa shape index (κ1) is 17.9. The zero-order chi connectivity index (χ0) is 14.9. The van der Waals surface area contributed by atoms with Crippen molar-refractivity contribution in [3.8, 4) is 0 Å². The number of carbonyl (C=O) groups excluding carboxylic acids is 1. The summed E-state index contributed by atoms with van der Waals surface area (Å²) in [5.74, 6) is -0.547. The van der Waals surface area contributed by atoms with Crippen LogP contribution < -0.4 is 0 Å². The van der Waals surface area contributed by atoms with Crippen LogP contribution >= 0.6 is 0 Å². The van der Waals surface area contributed by atoms with Gasteiger partial charge in [0.1, 0.15) is 0 Å². The largest absolute Gasteiger partial charge is 0.481 e. The molecule has 0 saturated carbocycles. The lowest BCUT2D eigenvalue weighted by Crippen LogP contribution is -2.46. The Morgan fingerprint density at radius 3 is 2.05 bits per heavy atom. The van der Waals surface area contributed by atoms with Gasteiger partial charge in [-0.3, -0.25) is 9.59 Å². The Bertz CT molecular complexity index is 281. The number of amides is 1. The molecular weight excluding hydrogens is 242 g/mol. The van der Waals surface area contributed by atoms with Gasteiger partial charge in [0.2, 0.25) is 5.91 Å². The van der Waals surface area contributed by atoms with Gasteiger partial charge in [0.25, 0.3) is 0 Å². The Labute approximate surface area is 117 Å². The molecule has 0 aromatic carbocycles. The van der Waals surface area contributed by atoms with Crippen LogP contribution in [0.15, 0.2) is 0 Å². The summed E-state index contributed by atoms with van der Waals surface area (Å²) >= 11 is 0. The highest BCUT2D eigenvalue weighted by atomic mass is 16.4. The fourth-order valence-corrected chi connectivity index (χ4v) is 2.49. The number of aliphatic carboxylic acids is 1. The summed E-state index contributed by atoms with van der Waals surface area (Å²) in [6.07, 6.45) is 4.44. The third kappa shape index (κ3) is 4.84. The molecule has 0 bridgehead atoms. The summed E-state index contributed by atoms with van der Waals surface area (Å²) in [4.78, 5) is 24.8. The molecule has 0 aliphatic carbocycles. The maximum Gasteiger partial charge on any atom is 0.309 e. The highest BCUT2D eigenvalue weighted by molar-refractivity contribution is 5.78. The molecule has 4 heteroatoms. The third-order valence-corrected chi connectivity index (χ3v) is 3.84. The molecule has 0 unspecified atom stereocenters. The second-order valence-electron chi connectivity index (χ2n) is 4.92. The Balaban J connectivity index is 0.00000154. The van der Waals surface area contributed by atoms with Crippen molar-refractivity contribution in [1.82, 2.24) is 4.90 Å². The molecule has 4 nitrogen and oxygen atoms in total. The third-order valence-electron chi connectivity index (χ3n) is 3.84. The molecule has 0 atom stereocenters. The van der Waals surface area contributed by atoms with E-state index in [4.69, 9.17) is 0 Å². The lowest BCUT2D eigenvalue weighted by atomic mass is 9.74. The average Bonchev–Trinajstić information content (AvgIpc) is 2.46. The van der Waals surface area contributed by atoms with Crippen molar-refractivity contribution in [3.63, 3.8) is 0 Å². The molecule has 19 heavy (non-hydrogen) atoms. The van der Waals surface area contributed by atoms with Crippen LogP contribution in [-0.2, 0) is 9.59 Å². The van der Waals surface area contributed by atoms with Gasteiger partial charge >= 0.3 is 5.97 Å². The molecule has 1 heterocycles. The molecule has 0 spiro atoms. The summed E-state index contributed by atoms with van der Waals surface area (Å²) < 4.78 is 0. The van der Waals surface area contributed by atoms with E-state index >= 15 is 0 Å². The van der Waals surface area contributed by atoms with Crippen molar-refractivity contribution >= 4 is 11.9 Å². The van der Waals surface area contributed by atoms with Gasteiger partial charge in [-0.2, -0.15) is 0 Å². The number of piperidine rings is 1. The van der Waals surface area contributed by atoms with Crippen molar-refractivity contribution in [1.29, 1.82) is 0 Å². The fraction of sp³-hybridized carbons (Fsp3) is 0.867. The van der Waals surface area contributed by atoms with Crippen LogP contribution in [0.2, 0.25) is 0 Å². The van der Waals surface area contributed by atoms with E-state index in [0.717, 1.165) is 19.3 Å². The van der Waals surface area contributed by atoms with Gasteiger partial charge in [-0.25, -0.2) is 0 Å². The second kappa shape index (κ2) is 8.94. The van der Waals surface area contributed by atoms with Gasteiger partial charge < -0.3 is 10.0 Å². The number of carboxylic acids is 1. The number of carbonyl (C=O) groups is 2. The Hall–Kier alpha value is -1.06. The number of rotatable bonds is 5. The van der Waals surface area contributed by atoms with Crippen LogP contribution in [0.4, 0.5) is 0 Å². The van der Waals surface area contributed by atoms with Crippen molar-refractivity contribution in [2.75, 3.05) is 13.1 Å². The van der Waals surface area contributed by atoms with E-state index in [2.05, 4.69) is 6.92 Å². The van der Waals surface area contributed by atoms with E-state index in [0.29, 0.717) is 32.4 Å². The predicted octanol–water partition coefficient (Wildman–Crippen LogP) is 3.31. The van der Waals surface area contributed by atoms with Gasteiger partial charge in [0, 0.05) is 19.5 Å². The molecule has 1 saturated heterocycles. The fourth-order valence-electron chi connectivity index (χ4n) is 2.49. The standard InChI is InChI=1S/C13H23NO3.C2H6/c1-3-5-6-13(12(16)17)7-9-14(10-8-13)11(15)4-2;1-2/h3-10H2,1-2H3,(H,16,17);1-2H3. The van der Waals surface area contributed by atoms with Crippen LogP contribution in [-0.4, -0.2) is 35.0 Å². The van der Waals surface area contributed by atoms with E-state index in [9.17, 15) is 14.7 Å². The van der Waals surface area contributed by atoms with Gasteiger partial charge in [0.05, 0.1) is 5.41 Å². The summed E-state index contributed by atoms with van der Waals surface area (Å²) in [5, 5.41) is 9.39. The van der Waals surface area contributed by atoms with E-state index in [-0.39, 0.29) is 5.91 Å². The van der Waals surface area contributed by atoms with Gasteiger partial charge in [-0.05, 0) is 19.3 Å². The lowest BCUT2D eigenvalue weighted by molar-refractivity contribution is -0.155.